The van der Waals surface area contributed by atoms with Gasteiger partial charge in [0.2, 0.25) is 0 Å². The van der Waals surface area contributed by atoms with E-state index in [-0.39, 0.29) is 0 Å². The van der Waals surface area contributed by atoms with E-state index in [1.165, 1.54) is 6.39 Å². The van der Waals surface area contributed by atoms with E-state index in [4.69, 9.17) is 10.2 Å². The Labute approximate surface area is 76.6 Å². The number of hydrogen-bond donors (Lipinski definition) is 1. The predicted octanol–water partition coefficient (Wildman–Crippen LogP) is 1.89. The average molecular weight is 176 g/mol. The third-order valence-corrected chi connectivity index (χ3v) is 2.27. The molecule has 0 radical (unpaired) electrons. The van der Waals surface area contributed by atoms with Crippen LogP contribution in [-0.4, -0.2) is 11.5 Å². The zero-order chi connectivity index (χ0) is 9.26. The third kappa shape index (κ3) is 1.31. The Morgan fingerprint density at radius 2 is 2.38 bits per heavy atom. The monoisotopic (exact) mass is 176 g/mol. The van der Waals surface area contributed by atoms with Crippen LogP contribution in [0.2, 0.25) is 0 Å². The van der Waals surface area contributed by atoms with Crippen LogP contribution in [0.1, 0.15) is 18.4 Å². The fourth-order valence-corrected chi connectivity index (χ4v) is 1.42. The van der Waals surface area contributed by atoms with Gasteiger partial charge in [-0.15, -0.1) is 0 Å². The first-order valence-electron chi connectivity index (χ1n) is 4.35. The molecule has 0 spiro atoms. The molecule has 0 aliphatic carbocycles. The van der Waals surface area contributed by atoms with E-state index in [9.17, 15) is 0 Å². The molecule has 0 aliphatic heterocycles. The first-order chi connectivity index (χ1) is 6.33. The Balaban J connectivity index is 2.60. The van der Waals surface area contributed by atoms with Crippen LogP contribution in [-0.2, 0) is 0 Å². The van der Waals surface area contributed by atoms with Crippen molar-refractivity contribution in [2.45, 2.75) is 12.8 Å². The summed E-state index contributed by atoms with van der Waals surface area (Å²) >= 11 is 0. The number of nitrogens with zero attached hydrogens (tertiary/aromatic N) is 1. The highest BCUT2D eigenvalue weighted by molar-refractivity contribution is 5.76. The molecule has 3 heteroatoms. The van der Waals surface area contributed by atoms with Crippen molar-refractivity contribution >= 4 is 11.1 Å². The molecule has 1 unspecified atom stereocenters. The molecule has 2 rings (SSSR count). The Morgan fingerprint density at radius 1 is 1.54 bits per heavy atom. The Hall–Kier alpha value is -1.35. The lowest BCUT2D eigenvalue weighted by Gasteiger charge is -2.07. The van der Waals surface area contributed by atoms with Crippen molar-refractivity contribution in [3.8, 4) is 0 Å². The molecular weight excluding hydrogens is 164 g/mol. The lowest BCUT2D eigenvalue weighted by atomic mass is 10.0. The van der Waals surface area contributed by atoms with Crippen LogP contribution in [0.25, 0.3) is 11.1 Å². The van der Waals surface area contributed by atoms with Gasteiger partial charge in [0.1, 0.15) is 5.52 Å². The van der Waals surface area contributed by atoms with E-state index in [0.29, 0.717) is 12.5 Å². The quantitative estimate of drug-likeness (QED) is 0.760. The summed E-state index contributed by atoms with van der Waals surface area (Å²) < 4.78 is 5.31. The summed E-state index contributed by atoms with van der Waals surface area (Å²) in [5.74, 6) is 0.316. The Kier molecular flexibility index (Phi) is 2.02. The SMILES string of the molecule is CC(CN)c1cccc2ncoc12. The van der Waals surface area contributed by atoms with Crippen LogP contribution in [0.3, 0.4) is 0 Å². The van der Waals surface area contributed by atoms with Gasteiger partial charge in [0.15, 0.2) is 12.0 Å². The highest BCUT2D eigenvalue weighted by Crippen LogP contribution is 2.23. The van der Waals surface area contributed by atoms with Gasteiger partial charge in [-0.1, -0.05) is 19.1 Å². The van der Waals surface area contributed by atoms with Crippen molar-refractivity contribution in [3.63, 3.8) is 0 Å². The van der Waals surface area contributed by atoms with E-state index < -0.39 is 0 Å². The number of para-hydroxylation sites is 1. The molecule has 13 heavy (non-hydrogen) atoms. The fraction of sp³-hybridized carbons (Fsp3) is 0.300. The number of fused-ring (bicyclic) bond motifs is 1. The van der Waals surface area contributed by atoms with E-state index in [0.717, 1.165) is 16.7 Å². The van der Waals surface area contributed by atoms with Crippen LogP contribution in [0.5, 0.6) is 0 Å². The topological polar surface area (TPSA) is 52.0 Å². The molecular formula is C10H12N2O. The summed E-state index contributed by atoms with van der Waals surface area (Å²) in [6.45, 7) is 2.71. The van der Waals surface area contributed by atoms with Crippen molar-refractivity contribution in [1.29, 1.82) is 0 Å². The minimum Gasteiger partial charge on any atom is -0.443 e. The standard InChI is InChI=1S/C10H12N2O/c1-7(5-11)8-3-2-4-9-10(8)13-6-12-9/h2-4,6-7H,5,11H2,1H3. The minimum atomic E-state index is 0.316. The largest absolute Gasteiger partial charge is 0.443 e. The van der Waals surface area contributed by atoms with Gasteiger partial charge in [-0.05, 0) is 18.5 Å². The predicted molar refractivity (Wildman–Crippen MR) is 51.5 cm³/mol. The first kappa shape index (κ1) is 8.26. The van der Waals surface area contributed by atoms with E-state index >= 15 is 0 Å². The zero-order valence-corrected chi connectivity index (χ0v) is 7.53. The summed E-state index contributed by atoms with van der Waals surface area (Å²) in [6, 6.07) is 5.95. The molecule has 1 heterocycles. The van der Waals surface area contributed by atoms with Crippen LogP contribution in [0.15, 0.2) is 29.0 Å². The molecule has 3 nitrogen and oxygen atoms in total. The molecule has 1 atom stereocenters. The summed E-state index contributed by atoms with van der Waals surface area (Å²) in [5.41, 5.74) is 8.50. The molecule has 68 valence electrons. The molecule has 0 saturated heterocycles. The molecule has 0 bridgehead atoms. The number of rotatable bonds is 2. The molecule has 2 aromatic rings. The molecule has 0 amide bonds. The number of nitrogens with two attached hydrogens (primary N) is 1. The minimum absolute atomic E-state index is 0.316. The van der Waals surface area contributed by atoms with Gasteiger partial charge in [-0.3, -0.25) is 0 Å². The van der Waals surface area contributed by atoms with Gasteiger partial charge in [0.25, 0.3) is 0 Å². The lowest BCUT2D eigenvalue weighted by molar-refractivity contribution is 0.592. The zero-order valence-electron chi connectivity index (χ0n) is 7.53. The fourth-order valence-electron chi connectivity index (χ4n) is 1.42. The molecule has 2 N–H and O–H groups in total. The van der Waals surface area contributed by atoms with Gasteiger partial charge in [-0.2, -0.15) is 0 Å². The van der Waals surface area contributed by atoms with Crippen molar-refractivity contribution in [1.82, 2.24) is 4.98 Å². The van der Waals surface area contributed by atoms with Gasteiger partial charge < -0.3 is 10.2 Å². The number of benzene rings is 1. The van der Waals surface area contributed by atoms with Gasteiger partial charge >= 0.3 is 0 Å². The molecule has 0 aliphatic rings. The van der Waals surface area contributed by atoms with Crippen LogP contribution in [0, 0.1) is 0 Å². The summed E-state index contributed by atoms with van der Waals surface area (Å²) in [7, 11) is 0. The molecule has 1 aromatic carbocycles. The van der Waals surface area contributed by atoms with Crippen LogP contribution in [0.4, 0.5) is 0 Å². The molecule has 0 fully saturated rings. The summed E-state index contributed by atoms with van der Waals surface area (Å²) in [4.78, 5) is 4.09. The summed E-state index contributed by atoms with van der Waals surface area (Å²) in [5, 5.41) is 0. The van der Waals surface area contributed by atoms with Gasteiger partial charge in [0.05, 0.1) is 0 Å². The first-order valence-corrected chi connectivity index (χ1v) is 4.35. The maximum atomic E-state index is 5.60. The summed E-state index contributed by atoms with van der Waals surface area (Å²) in [6.07, 6.45) is 1.47. The van der Waals surface area contributed by atoms with E-state index in [2.05, 4.69) is 11.9 Å². The van der Waals surface area contributed by atoms with Crippen LogP contribution < -0.4 is 5.73 Å². The van der Waals surface area contributed by atoms with Gasteiger partial charge in [-0.25, -0.2) is 4.98 Å². The van der Waals surface area contributed by atoms with Gasteiger partial charge in [0, 0.05) is 5.56 Å². The Morgan fingerprint density at radius 3 is 3.15 bits per heavy atom. The maximum absolute atomic E-state index is 5.60. The Bertz CT molecular complexity index is 408. The second-order valence-corrected chi connectivity index (χ2v) is 3.18. The third-order valence-electron chi connectivity index (χ3n) is 2.27. The van der Waals surface area contributed by atoms with E-state index in [1.54, 1.807) is 0 Å². The van der Waals surface area contributed by atoms with Crippen molar-refractivity contribution in [3.05, 3.63) is 30.2 Å². The van der Waals surface area contributed by atoms with E-state index in [1.807, 2.05) is 18.2 Å². The number of hydrogen-bond acceptors (Lipinski definition) is 3. The average Bonchev–Trinajstić information content (AvgIpc) is 2.63. The van der Waals surface area contributed by atoms with Crippen molar-refractivity contribution in [2.24, 2.45) is 5.73 Å². The maximum Gasteiger partial charge on any atom is 0.181 e. The number of aromatic nitrogens is 1. The van der Waals surface area contributed by atoms with Crippen molar-refractivity contribution < 1.29 is 4.42 Å². The van der Waals surface area contributed by atoms with Crippen LogP contribution >= 0.6 is 0 Å². The number of oxazole rings is 1. The highest BCUT2D eigenvalue weighted by atomic mass is 16.3. The second-order valence-electron chi connectivity index (χ2n) is 3.18. The lowest BCUT2D eigenvalue weighted by Crippen LogP contribution is -2.08. The molecule has 1 aromatic heterocycles. The highest BCUT2D eigenvalue weighted by Gasteiger charge is 2.10. The normalized spacial score (nSPS) is 13.4. The smallest absolute Gasteiger partial charge is 0.181 e. The van der Waals surface area contributed by atoms with Crippen molar-refractivity contribution in [2.75, 3.05) is 6.54 Å². The molecule has 0 saturated carbocycles. The second kappa shape index (κ2) is 3.18.